The highest BCUT2D eigenvalue weighted by Gasteiger charge is 2.12. The van der Waals surface area contributed by atoms with Gasteiger partial charge in [-0.2, -0.15) is 0 Å². The molecule has 0 fully saturated rings. The molecule has 0 saturated heterocycles. The van der Waals surface area contributed by atoms with Crippen molar-refractivity contribution in [2.75, 3.05) is 18.9 Å². The lowest BCUT2D eigenvalue weighted by Crippen LogP contribution is -1.99. The number of anilines is 1. The van der Waals surface area contributed by atoms with Crippen molar-refractivity contribution in [3.05, 3.63) is 28.3 Å². The summed E-state index contributed by atoms with van der Waals surface area (Å²) in [6.45, 7) is 0.0426. The molecule has 1 N–H and O–H groups in total. The first-order valence-corrected chi connectivity index (χ1v) is 3.98. The number of benzene rings is 1. The average molecular weight is 192 g/mol. The minimum atomic E-state index is -0.460. The van der Waals surface area contributed by atoms with Crippen molar-refractivity contribution in [3.63, 3.8) is 0 Å². The normalized spacial score (nSPS) is 9.50. The van der Waals surface area contributed by atoms with Gasteiger partial charge in [-0.15, -0.1) is 0 Å². The van der Waals surface area contributed by atoms with Gasteiger partial charge in [0.15, 0.2) is 0 Å². The molecule has 0 aliphatic carbocycles. The van der Waals surface area contributed by atoms with Crippen molar-refractivity contribution in [1.29, 1.82) is 0 Å². The second-order valence-corrected chi connectivity index (χ2v) is 2.50. The van der Waals surface area contributed by atoms with E-state index in [0.29, 0.717) is 11.4 Å². The smallest absolute Gasteiger partial charge is 0.292 e. The van der Waals surface area contributed by atoms with Gasteiger partial charge in [0, 0.05) is 25.7 Å². The topological polar surface area (TPSA) is 64.4 Å². The fraction of sp³-hybridized carbons (Fsp3) is 0.250. The standard InChI is InChI=1S/C8H9BN2O3/c1-10-7-4-6(14-5-9)2-3-8(7)11(12)13/h2-4,10H,5H2,1H3. The molecule has 1 rings (SSSR count). The monoisotopic (exact) mass is 192 g/mol. The zero-order chi connectivity index (χ0) is 10.6. The number of nitrogens with one attached hydrogen (secondary N) is 1. The summed E-state index contributed by atoms with van der Waals surface area (Å²) in [6.07, 6.45) is 0. The molecular weight excluding hydrogens is 183 g/mol. The molecule has 0 unspecified atom stereocenters. The van der Waals surface area contributed by atoms with Gasteiger partial charge in [0.2, 0.25) is 0 Å². The Morgan fingerprint density at radius 1 is 1.64 bits per heavy atom. The third-order valence-electron chi connectivity index (χ3n) is 1.68. The van der Waals surface area contributed by atoms with Crippen molar-refractivity contribution in [3.8, 4) is 5.75 Å². The lowest BCUT2D eigenvalue weighted by molar-refractivity contribution is -0.384. The highest BCUT2D eigenvalue weighted by atomic mass is 16.6. The second-order valence-electron chi connectivity index (χ2n) is 2.50. The molecule has 6 heteroatoms. The van der Waals surface area contributed by atoms with Gasteiger partial charge in [0.05, 0.1) is 4.92 Å². The van der Waals surface area contributed by atoms with Crippen LogP contribution in [0, 0.1) is 10.1 Å². The Morgan fingerprint density at radius 3 is 2.86 bits per heavy atom. The van der Waals surface area contributed by atoms with Crippen LogP contribution in [-0.4, -0.2) is 26.3 Å². The lowest BCUT2D eigenvalue weighted by atomic mass is 10.2. The van der Waals surface area contributed by atoms with Crippen LogP contribution in [0.5, 0.6) is 5.75 Å². The van der Waals surface area contributed by atoms with E-state index in [2.05, 4.69) is 5.32 Å². The van der Waals surface area contributed by atoms with E-state index in [1.807, 2.05) is 0 Å². The van der Waals surface area contributed by atoms with Crippen molar-refractivity contribution >= 4 is 19.2 Å². The molecule has 1 aromatic carbocycles. The second kappa shape index (κ2) is 4.50. The minimum absolute atomic E-state index is 0.0110. The largest absolute Gasteiger partial charge is 0.503 e. The average Bonchev–Trinajstić information content (AvgIpc) is 2.17. The molecule has 0 amide bonds. The number of ether oxygens (including phenoxy) is 1. The quantitative estimate of drug-likeness (QED) is 0.441. The van der Waals surface area contributed by atoms with Crippen molar-refractivity contribution in [2.45, 2.75) is 0 Å². The molecule has 72 valence electrons. The van der Waals surface area contributed by atoms with Gasteiger partial charge in [0.25, 0.3) is 5.69 Å². The highest BCUT2D eigenvalue weighted by molar-refractivity contribution is 6.08. The Labute approximate surface area is 82.6 Å². The Balaban J connectivity index is 3.05. The highest BCUT2D eigenvalue weighted by Crippen LogP contribution is 2.28. The summed E-state index contributed by atoms with van der Waals surface area (Å²) in [5, 5.41) is 13.3. The summed E-state index contributed by atoms with van der Waals surface area (Å²) in [7, 11) is 6.78. The summed E-state index contributed by atoms with van der Waals surface area (Å²) >= 11 is 0. The molecule has 0 bridgehead atoms. The van der Waals surface area contributed by atoms with Crippen LogP contribution < -0.4 is 10.1 Å². The number of hydrogen-bond donors (Lipinski definition) is 1. The van der Waals surface area contributed by atoms with Crippen LogP contribution in [0.3, 0.4) is 0 Å². The fourth-order valence-corrected chi connectivity index (χ4v) is 1.06. The Bertz CT molecular complexity index is 343. The number of rotatable bonds is 4. The maximum Gasteiger partial charge on any atom is 0.292 e. The minimum Gasteiger partial charge on any atom is -0.503 e. The molecule has 1 aromatic rings. The SMILES string of the molecule is [B]COc1ccc([N+](=O)[O-])c(NC)c1. The van der Waals surface area contributed by atoms with Gasteiger partial charge in [0.1, 0.15) is 19.3 Å². The van der Waals surface area contributed by atoms with Crippen LogP contribution in [0.25, 0.3) is 0 Å². The number of nitro benzene ring substituents is 1. The molecule has 14 heavy (non-hydrogen) atoms. The zero-order valence-electron chi connectivity index (χ0n) is 7.69. The lowest BCUT2D eigenvalue weighted by Gasteiger charge is -2.06. The van der Waals surface area contributed by atoms with Gasteiger partial charge >= 0.3 is 0 Å². The van der Waals surface area contributed by atoms with E-state index in [1.54, 1.807) is 7.05 Å². The van der Waals surface area contributed by atoms with E-state index in [0.717, 1.165) is 0 Å². The first kappa shape index (κ1) is 10.4. The van der Waals surface area contributed by atoms with E-state index >= 15 is 0 Å². The zero-order valence-corrected chi connectivity index (χ0v) is 7.69. The summed E-state index contributed by atoms with van der Waals surface area (Å²) in [5.74, 6) is 0.502. The van der Waals surface area contributed by atoms with Gasteiger partial charge in [-0.25, -0.2) is 0 Å². The summed E-state index contributed by atoms with van der Waals surface area (Å²) < 4.78 is 5.00. The van der Waals surface area contributed by atoms with Crippen molar-refractivity contribution < 1.29 is 9.66 Å². The van der Waals surface area contributed by atoms with E-state index in [4.69, 9.17) is 12.6 Å². The van der Waals surface area contributed by atoms with Crippen molar-refractivity contribution in [1.82, 2.24) is 0 Å². The van der Waals surface area contributed by atoms with Crippen LogP contribution >= 0.6 is 0 Å². The maximum atomic E-state index is 10.5. The van der Waals surface area contributed by atoms with Crippen LogP contribution in [-0.2, 0) is 0 Å². The Kier molecular flexibility index (Phi) is 3.33. The summed E-state index contributed by atoms with van der Waals surface area (Å²) in [6, 6.07) is 4.41. The predicted molar refractivity (Wildman–Crippen MR) is 53.9 cm³/mol. The van der Waals surface area contributed by atoms with E-state index < -0.39 is 4.92 Å². The molecular formula is C8H9BN2O3. The molecule has 0 aromatic heterocycles. The third kappa shape index (κ3) is 2.15. The first-order valence-electron chi connectivity index (χ1n) is 3.98. The Morgan fingerprint density at radius 2 is 2.36 bits per heavy atom. The van der Waals surface area contributed by atoms with Crippen LogP contribution in [0.4, 0.5) is 11.4 Å². The Hall–Kier alpha value is -1.72. The molecule has 5 nitrogen and oxygen atoms in total. The molecule has 0 aliphatic heterocycles. The van der Waals surface area contributed by atoms with Crippen LogP contribution in [0.2, 0.25) is 0 Å². The number of nitro groups is 1. The maximum absolute atomic E-state index is 10.5. The molecule has 0 heterocycles. The van der Waals surface area contributed by atoms with E-state index in [9.17, 15) is 10.1 Å². The molecule has 0 atom stereocenters. The van der Waals surface area contributed by atoms with Gasteiger partial charge in [-0.3, -0.25) is 10.1 Å². The van der Waals surface area contributed by atoms with Gasteiger partial charge in [-0.1, -0.05) is 0 Å². The van der Waals surface area contributed by atoms with Gasteiger partial charge in [-0.05, 0) is 6.07 Å². The van der Waals surface area contributed by atoms with E-state index in [1.165, 1.54) is 18.2 Å². The summed E-state index contributed by atoms with van der Waals surface area (Å²) in [4.78, 5) is 10.1. The molecule has 0 spiro atoms. The molecule has 2 radical (unpaired) electrons. The predicted octanol–water partition coefficient (Wildman–Crippen LogP) is 1.14. The van der Waals surface area contributed by atoms with Crippen LogP contribution in [0.1, 0.15) is 0 Å². The molecule has 0 saturated carbocycles. The third-order valence-corrected chi connectivity index (χ3v) is 1.68. The van der Waals surface area contributed by atoms with E-state index in [-0.39, 0.29) is 12.2 Å². The van der Waals surface area contributed by atoms with Gasteiger partial charge < -0.3 is 10.1 Å². The van der Waals surface area contributed by atoms with Crippen LogP contribution in [0.15, 0.2) is 18.2 Å². The number of hydrogen-bond acceptors (Lipinski definition) is 4. The number of nitrogens with zero attached hydrogens (tertiary/aromatic N) is 1. The first-order chi connectivity index (χ1) is 6.69. The molecule has 0 aliphatic rings. The fourth-order valence-electron chi connectivity index (χ4n) is 1.06. The van der Waals surface area contributed by atoms with Crippen molar-refractivity contribution in [2.24, 2.45) is 0 Å². The summed E-state index contributed by atoms with van der Waals surface area (Å²) in [5.41, 5.74) is 0.415.